The van der Waals surface area contributed by atoms with Crippen LogP contribution in [-0.2, 0) is 0 Å². The molecule has 2 saturated carbocycles. The van der Waals surface area contributed by atoms with Gasteiger partial charge in [-0.15, -0.1) is 0 Å². The second kappa shape index (κ2) is 10.9. The Hall–Kier alpha value is -0.770. The van der Waals surface area contributed by atoms with Crippen molar-refractivity contribution in [1.82, 2.24) is 0 Å². The first kappa shape index (κ1) is 18.6. The van der Waals surface area contributed by atoms with Crippen LogP contribution >= 0.6 is 0 Å². The normalized spacial score (nSPS) is 32.0. The summed E-state index contributed by atoms with van der Waals surface area (Å²) in [4.78, 5) is 0. The standard InChI is InChI=1S/C22H37N/c1-2-6-19-8-12-21(13-9-19)16-17-22-14-10-20(11-15-22)7-4-3-5-18-23/h3,5,19-22H,2,4,6-17H2,1H3/b5-3+. The molecule has 130 valence electrons. The molecule has 0 aliphatic heterocycles. The third kappa shape index (κ3) is 7.11. The first-order valence-corrected chi connectivity index (χ1v) is 10.4. The minimum absolute atomic E-state index is 0.930. The summed E-state index contributed by atoms with van der Waals surface area (Å²) in [6, 6.07) is 2.09. The molecule has 0 unspecified atom stereocenters. The number of allylic oxidation sites excluding steroid dienone is 2. The van der Waals surface area contributed by atoms with Crippen LogP contribution in [0.3, 0.4) is 0 Å². The number of rotatable bonds is 8. The third-order valence-corrected chi connectivity index (χ3v) is 6.55. The Morgan fingerprint density at radius 3 is 1.61 bits per heavy atom. The van der Waals surface area contributed by atoms with Gasteiger partial charge in [0, 0.05) is 6.08 Å². The predicted octanol–water partition coefficient (Wildman–Crippen LogP) is 7.04. The molecule has 0 bridgehead atoms. The minimum Gasteiger partial charge on any atom is -0.193 e. The van der Waals surface area contributed by atoms with E-state index in [2.05, 4.69) is 13.0 Å². The molecule has 1 nitrogen and oxygen atoms in total. The molecule has 0 spiro atoms. The SMILES string of the molecule is CCCC1CCC(CCC2CCC(CC/C=C/C#N)CC2)CC1. The molecule has 0 N–H and O–H groups in total. The Kier molecular flexibility index (Phi) is 8.80. The molecule has 0 saturated heterocycles. The lowest BCUT2D eigenvalue weighted by Gasteiger charge is -2.32. The molecule has 0 aromatic rings. The highest BCUT2D eigenvalue weighted by Crippen LogP contribution is 2.38. The molecule has 0 atom stereocenters. The molecular formula is C22H37N. The van der Waals surface area contributed by atoms with Gasteiger partial charge in [-0.05, 0) is 36.5 Å². The molecule has 0 aromatic carbocycles. The highest BCUT2D eigenvalue weighted by Gasteiger charge is 2.24. The second-order valence-electron chi connectivity index (χ2n) is 8.25. The predicted molar refractivity (Wildman–Crippen MR) is 99.0 cm³/mol. The topological polar surface area (TPSA) is 23.8 Å². The summed E-state index contributed by atoms with van der Waals surface area (Å²) in [5.74, 6) is 4.06. The zero-order chi connectivity index (χ0) is 16.3. The van der Waals surface area contributed by atoms with E-state index in [-0.39, 0.29) is 0 Å². The van der Waals surface area contributed by atoms with Gasteiger partial charge in [-0.3, -0.25) is 0 Å². The van der Waals surface area contributed by atoms with Gasteiger partial charge in [-0.2, -0.15) is 5.26 Å². The average Bonchev–Trinajstić information content (AvgIpc) is 2.59. The summed E-state index contributed by atoms with van der Waals surface area (Å²) >= 11 is 0. The van der Waals surface area contributed by atoms with Crippen molar-refractivity contribution in [2.24, 2.45) is 23.7 Å². The van der Waals surface area contributed by atoms with E-state index in [1.165, 1.54) is 83.5 Å². The Bertz CT molecular complexity index is 362. The zero-order valence-corrected chi connectivity index (χ0v) is 15.3. The number of hydrogen-bond donors (Lipinski definition) is 0. The summed E-state index contributed by atoms with van der Waals surface area (Å²) in [6.45, 7) is 2.34. The van der Waals surface area contributed by atoms with Crippen molar-refractivity contribution in [3.63, 3.8) is 0 Å². The van der Waals surface area contributed by atoms with Crippen LogP contribution in [0.5, 0.6) is 0 Å². The maximum atomic E-state index is 8.51. The van der Waals surface area contributed by atoms with Crippen molar-refractivity contribution in [3.8, 4) is 6.07 Å². The van der Waals surface area contributed by atoms with Crippen molar-refractivity contribution < 1.29 is 0 Å². The molecule has 2 aliphatic carbocycles. The maximum absolute atomic E-state index is 8.51. The molecule has 2 rings (SSSR count). The van der Waals surface area contributed by atoms with Gasteiger partial charge in [0.15, 0.2) is 0 Å². The molecule has 0 heterocycles. The van der Waals surface area contributed by atoms with Crippen LogP contribution in [0.15, 0.2) is 12.2 Å². The molecule has 0 radical (unpaired) electrons. The summed E-state index contributed by atoms with van der Waals surface area (Å²) in [6.07, 6.45) is 23.8. The molecular weight excluding hydrogens is 278 g/mol. The monoisotopic (exact) mass is 315 g/mol. The van der Waals surface area contributed by atoms with Gasteiger partial charge < -0.3 is 0 Å². The Morgan fingerprint density at radius 1 is 0.739 bits per heavy atom. The van der Waals surface area contributed by atoms with E-state index in [0.717, 1.165) is 30.1 Å². The van der Waals surface area contributed by atoms with Crippen molar-refractivity contribution >= 4 is 0 Å². The molecule has 1 heteroatoms. The summed E-state index contributed by atoms with van der Waals surface area (Å²) in [7, 11) is 0. The minimum atomic E-state index is 0.930. The van der Waals surface area contributed by atoms with E-state index in [1.807, 2.05) is 6.08 Å². The Balaban J connectivity index is 1.53. The highest BCUT2D eigenvalue weighted by atomic mass is 14.3. The first-order valence-electron chi connectivity index (χ1n) is 10.4. The van der Waals surface area contributed by atoms with Gasteiger partial charge in [0.05, 0.1) is 6.07 Å². The van der Waals surface area contributed by atoms with E-state index in [1.54, 1.807) is 6.08 Å². The van der Waals surface area contributed by atoms with Gasteiger partial charge in [0.2, 0.25) is 0 Å². The van der Waals surface area contributed by atoms with E-state index in [0.29, 0.717) is 0 Å². The lowest BCUT2D eigenvalue weighted by atomic mass is 9.74. The lowest BCUT2D eigenvalue weighted by Crippen LogP contribution is -2.18. The van der Waals surface area contributed by atoms with E-state index >= 15 is 0 Å². The fraction of sp³-hybridized carbons (Fsp3) is 0.864. The summed E-state index contributed by atoms with van der Waals surface area (Å²) < 4.78 is 0. The first-order chi connectivity index (χ1) is 11.3. The molecule has 0 amide bonds. The number of nitrogens with zero attached hydrogens (tertiary/aromatic N) is 1. The van der Waals surface area contributed by atoms with Crippen LogP contribution in [0.2, 0.25) is 0 Å². The van der Waals surface area contributed by atoms with Crippen molar-refractivity contribution in [2.75, 3.05) is 0 Å². The van der Waals surface area contributed by atoms with Gasteiger partial charge >= 0.3 is 0 Å². The van der Waals surface area contributed by atoms with Crippen molar-refractivity contribution in [2.45, 2.75) is 96.8 Å². The Morgan fingerprint density at radius 2 is 1.17 bits per heavy atom. The maximum Gasteiger partial charge on any atom is 0.0908 e. The lowest BCUT2D eigenvalue weighted by molar-refractivity contribution is 0.210. The smallest absolute Gasteiger partial charge is 0.0908 e. The van der Waals surface area contributed by atoms with Crippen LogP contribution in [0.25, 0.3) is 0 Å². The summed E-state index contributed by atoms with van der Waals surface area (Å²) in [5, 5.41) is 8.51. The van der Waals surface area contributed by atoms with Crippen molar-refractivity contribution in [3.05, 3.63) is 12.2 Å². The zero-order valence-electron chi connectivity index (χ0n) is 15.3. The van der Waals surface area contributed by atoms with E-state index in [4.69, 9.17) is 5.26 Å². The quantitative estimate of drug-likeness (QED) is 0.441. The number of hydrogen-bond acceptors (Lipinski definition) is 1. The van der Waals surface area contributed by atoms with Gasteiger partial charge in [-0.1, -0.05) is 90.0 Å². The van der Waals surface area contributed by atoms with Crippen molar-refractivity contribution in [1.29, 1.82) is 5.26 Å². The molecule has 23 heavy (non-hydrogen) atoms. The molecule has 2 fully saturated rings. The Labute approximate surface area is 144 Å². The van der Waals surface area contributed by atoms with Gasteiger partial charge in [-0.25, -0.2) is 0 Å². The second-order valence-corrected chi connectivity index (χ2v) is 8.25. The van der Waals surface area contributed by atoms with E-state index in [9.17, 15) is 0 Å². The molecule has 0 aromatic heterocycles. The van der Waals surface area contributed by atoms with Crippen LogP contribution < -0.4 is 0 Å². The van der Waals surface area contributed by atoms with Crippen LogP contribution in [0.1, 0.15) is 96.8 Å². The average molecular weight is 316 g/mol. The van der Waals surface area contributed by atoms with Gasteiger partial charge in [0.25, 0.3) is 0 Å². The van der Waals surface area contributed by atoms with Crippen LogP contribution in [-0.4, -0.2) is 0 Å². The molecule has 2 aliphatic rings. The highest BCUT2D eigenvalue weighted by molar-refractivity contribution is 5.01. The largest absolute Gasteiger partial charge is 0.193 e. The van der Waals surface area contributed by atoms with Crippen LogP contribution in [0.4, 0.5) is 0 Å². The fourth-order valence-corrected chi connectivity index (χ4v) is 4.97. The van der Waals surface area contributed by atoms with E-state index < -0.39 is 0 Å². The third-order valence-electron chi connectivity index (χ3n) is 6.55. The van der Waals surface area contributed by atoms with Gasteiger partial charge in [0.1, 0.15) is 0 Å². The van der Waals surface area contributed by atoms with Crippen LogP contribution in [0, 0.1) is 35.0 Å². The fourth-order valence-electron chi connectivity index (χ4n) is 4.97. The summed E-state index contributed by atoms with van der Waals surface area (Å²) in [5.41, 5.74) is 0. The number of nitriles is 1.